The van der Waals surface area contributed by atoms with Crippen molar-refractivity contribution in [3.8, 4) is 45.5 Å². The van der Waals surface area contributed by atoms with E-state index in [1.54, 1.807) is 0 Å². The van der Waals surface area contributed by atoms with E-state index in [9.17, 15) is 0 Å². The number of aromatic nitrogens is 5. The van der Waals surface area contributed by atoms with Crippen LogP contribution in [-0.4, -0.2) is 24.1 Å². The molecule has 8 aromatic carbocycles. The number of rotatable bonds is 5. The first kappa shape index (κ1) is 37.4. The maximum absolute atomic E-state index is 5.44. The lowest BCUT2D eigenvalue weighted by atomic mass is 9.59. The van der Waals surface area contributed by atoms with Gasteiger partial charge in [0.1, 0.15) is 0 Å². The summed E-state index contributed by atoms with van der Waals surface area (Å²) in [4.78, 5) is 16.0. The fourth-order valence-corrected chi connectivity index (χ4v) is 10.9. The SMILES string of the molecule is CC1(C)c2cccc(-c3cccc(-n4c5ccccc5c5ccc6c7ccccc7n(-c7nc(-c8ccccc8)nc(-c8cccc9ccccc89)n7)c6c54)c3)c2C(C)(C)C1(C)C. The third-order valence-electron chi connectivity index (χ3n) is 15.3. The second-order valence-corrected chi connectivity index (χ2v) is 18.9. The molecule has 0 radical (unpaired) electrons. The van der Waals surface area contributed by atoms with E-state index < -0.39 is 0 Å². The summed E-state index contributed by atoms with van der Waals surface area (Å²) in [6.45, 7) is 14.6. The molecule has 12 rings (SSSR count). The Labute approximate surface area is 367 Å². The monoisotopic (exact) mass is 813 g/mol. The summed E-state index contributed by atoms with van der Waals surface area (Å²) in [7, 11) is 0. The van der Waals surface area contributed by atoms with Crippen molar-refractivity contribution < 1.29 is 0 Å². The summed E-state index contributed by atoms with van der Waals surface area (Å²) in [5, 5.41) is 6.88. The highest BCUT2D eigenvalue weighted by Gasteiger charge is 2.57. The molecule has 3 heterocycles. The molecule has 3 aromatic heterocycles. The lowest BCUT2D eigenvalue weighted by Gasteiger charge is -2.44. The van der Waals surface area contributed by atoms with Gasteiger partial charge >= 0.3 is 0 Å². The number of benzene rings is 8. The molecule has 0 bridgehead atoms. The van der Waals surface area contributed by atoms with Crippen molar-refractivity contribution in [2.45, 2.75) is 52.4 Å². The van der Waals surface area contributed by atoms with Gasteiger partial charge in [-0.2, -0.15) is 9.97 Å². The second kappa shape index (κ2) is 13.3. The molecule has 0 spiro atoms. The number of nitrogens with zero attached hydrogens (tertiary/aromatic N) is 5. The molecule has 1 aliphatic carbocycles. The van der Waals surface area contributed by atoms with Crippen LogP contribution in [0.15, 0.2) is 176 Å². The van der Waals surface area contributed by atoms with Crippen LogP contribution in [0, 0.1) is 5.41 Å². The van der Waals surface area contributed by atoms with Crippen LogP contribution in [0.1, 0.15) is 52.7 Å². The predicted octanol–water partition coefficient (Wildman–Crippen LogP) is 14.8. The van der Waals surface area contributed by atoms with Gasteiger partial charge in [-0.3, -0.25) is 4.57 Å². The molecule has 0 saturated carbocycles. The summed E-state index contributed by atoms with van der Waals surface area (Å²) >= 11 is 0. The predicted molar refractivity (Wildman–Crippen MR) is 262 cm³/mol. The number of hydrogen-bond acceptors (Lipinski definition) is 3. The highest BCUT2D eigenvalue weighted by Crippen LogP contribution is 2.63. The molecule has 63 heavy (non-hydrogen) atoms. The van der Waals surface area contributed by atoms with Gasteiger partial charge in [-0.05, 0) is 73.5 Å². The van der Waals surface area contributed by atoms with E-state index in [0.29, 0.717) is 17.6 Å². The highest BCUT2D eigenvalue weighted by molar-refractivity contribution is 6.23. The first-order chi connectivity index (χ1) is 30.5. The molecule has 0 aliphatic heterocycles. The quantitative estimate of drug-likeness (QED) is 0.174. The Morgan fingerprint density at radius 2 is 0.952 bits per heavy atom. The van der Waals surface area contributed by atoms with Crippen LogP contribution >= 0.6 is 0 Å². The normalized spacial score (nSPS) is 15.2. The molecule has 5 nitrogen and oxygen atoms in total. The van der Waals surface area contributed by atoms with E-state index in [0.717, 1.165) is 60.4 Å². The van der Waals surface area contributed by atoms with Crippen molar-refractivity contribution in [2.75, 3.05) is 0 Å². The molecule has 0 fully saturated rings. The third kappa shape index (κ3) is 5.20. The Bertz CT molecular complexity index is 3650. The minimum absolute atomic E-state index is 0.00812. The smallest absolute Gasteiger partial charge is 0.238 e. The lowest BCUT2D eigenvalue weighted by molar-refractivity contribution is 0.125. The summed E-state index contributed by atoms with van der Waals surface area (Å²) in [5.74, 6) is 1.83. The molecule has 0 atom stereocenters. The zero-order valence-corrected chi connectivity index (χ0v) is 36.5. The van der Waals surface area contributed by atoms with Crippen molar-refractivity contribution in [1.82, 2.24) is 24.1 Å². The van der Waals surface area contributed by atoms with E-state index in [2.05, 4.69) is 208 Å². The molecular weight excluding hydrogens is 767 g/mol. The van der Waals surface area contributed by atoms with Crippen molar-refractivity contribution in [3.05, 3.63) is 187 Å². The van der Waals surface area contributed by atoms with Crippen LogP contribution in [0.25, 0.3) is 99.9 Å². The van der Waals surface area contributed by atoms with Crippen LogP contribution in [0.3, 0.4) is 0 Å². The largest absolute Gasteiger partial charge is 0.307 e. The van der Waals surface area contributed by atoms with Crippen LogP contribution in [-0.2, 0) is 10.8 Å². The van der Waals surface area contributed by atoms with Gasteiger partial charge in [0.25, 0.3) is 0 Å². The summed E-state index contributed by atoms with van der Waals surface area (Å²) in [6, 6.07) is 63.2. The molecular formula is C58H47N5. The summed E-state index contributed by atoms with van der Waals surface area (Å²) in [5.41, 5.74) is 12.8. The topological polar surface area (TPSA) is 48.5 Å². The van der Waals surface area contributed by atoms with Crippen molar-refractivity contribution >= 4 is 54.4 Å². The van der Waals surface area contributed by atoms with Crippen LogP contribution < -0.4 is 0 Å². The van der Waals surface area contributed by atoms with Gasteiger partial charge in [0.15, 0.2) is 11.6 Å². The van der Waals surface area contributed by atoms with Crippen molar-refractivity contribution in [1.29, 1.82) is 0 Å². The first-order valence-corrected chi connectivity index (χ1v) is 22.0. The highest BCUT2D eigenvalue weighted by atomic mass is 15.2. The Morgan fingerprint density at radius 3 is 1.70 bits per heavy atom. The minimum atomic E-state index is -0.0492. The van der Waals surface area contributed by atoms with Crippen LogP contribution in [0.2, 0.25) is 0 Å². The first-order valence-electron chi connectivity index (χ1n) is 22.0. The van der Waals surface area contributed by atoms with Gasteiger partial charge in [0.2, 0.25) is 5.95 Å². The van der Waals surface area contributed by atoms with Gasteiger partial charge in [-0.15, -0.1) is 0 Å². The van der Waals surface area contributed by atoms with Gasteiger partial charge in [0.05, 0.1) is 22.1 Å². The molecule has 304 valence electrons. The summed E-state index contributed by atoms with van der Waals surface area (Å²) in [6.07, 6.45) is 0. The third-order valence-corrected chi connectivity index (χ3v) is 15.3. The number of fused-ring (bicyclic) bond motifs is 9. The maximum atomic E-state index is 5.44. The van der Waals surface area contributed by atoms with E-state index in [1.165, 1.54) is 33.0 Å². The van der Waals surface area contributed by atoms with Gasteiger partial charge < -0.3 is 4.57 Å². The van der Waals surface area contributed by atoms with E-state index >= 15 is 0 Å². The Morgan fingerprint density at radius 1 is 0.397 bits per heavy atom. The standard InChI is InChI=1S/C58H47N5/c1-56(2)47-30-18-28-41(50(47)57(3,4)58(56,5)6)38-23-16-24-39(35-38)62-48-31-14-12-26-42(48)44-33-34-45-43-27-13-15-32-49(43)63(52(45)51(44)62)55-60-53(37-20-8-7-9-21-37)59-54(61-55)46-29-17-22-36-19-10-11-25-40(36)46/h7-35H,1-6H3. The van der Waals surface area contributed by atoms with Gasteiger partial charge in [-0.25, -0.2) is 4.98 Å². The average Bonchev–Trinajstić information content (AvgIpc) is 3.87. The molecule has 11 aromatic rings. The number of hydrogen-bond donors (Lipinski definition) is 0. The Hall–Kier alpha value is -7.37. The molecule has 0 N–H and O–H groups in total. The average molecular weight is 814 g/mol. The molecule has 0 unspecified atom stereocenters. The second-order valence-electron chi connectivity index (χ2n) is 18.9. The van der Waals surface area contributed by atoms with E-state index in [1.807, 2.05) is 18.2 Å². The van der Waals surface area contributed by atoms with Crippen molar-refractivity contribution in [3.63, 3.8) is 0 Å². The lowest BCUT2D eigenvalue weighted by Crippen LogP contribution is -2.42. The van der Waals surface area contributed by atoms with Crippen LogP contribution in [0.4, 0.5) is 0 Å². The zero-order valence-electron chi connectivity index (χ0n) is 36.5. The van der Waals surface area contributed by atoms with Gasteiger partial charge in [0, 0.05) is 38.4 Å². The van der Waals surface area contributed by atoms with E-state index in [-0.39, 0.29) is 16.2 Å². The molecule has 0 amide bonds. The van der Waals surface area contributed by atoms with Crippen molar-refractivity contribution in [2.24, 2.45) is 5.41 Å². The molecule has 1 aliphatic rings. The fraction of sp³-hybridized carbons (Fsp3) is 0.155. The van der Waals surface area contributed by atoms with E-state index in [4.69, 9.17) is 15.0 Å². The summed E-state index contributed by atoms with van der Waals surface area (Å²) < 4.78 is 4.75. The Balaban J connectivity index is 1.18. The zero-order chi connectivity index (χ0) is 42.8. The maximum Gasteiger partial charge on any atom is 0.238 e. The molecule has 0 saturated heterocycles. The fourth-order valence-electron chi connectivity index (χ4n) is 10.9. The van der Waals surface area contributed by atoms with Gasteiger partial charge in [-0.1, -0.05) is 193 Å². The van der Waals surface area contributed by atoms with Crippen LogP contribution in [0.5, 0.6) is 0 Å². The number of para-hydroxylation sites is 2. The Kier molecular flexibility index (Phi) is 7.90. The molecule has 5 heteroatoms. The minimum Gasteiger partial charge on any atom is -0.307 e.